The second kappa shape index (κ2) is 7.95. The number of hydrogen-bond donors (Lipinski definition) is 3. The zero-order valence-corrected chi connectivity index (χ0v) is 16.5. The highest BCUT2D eigenvalue weighted by molar-refractivity contribution is 14.1. The Hall–Kier alpha value is -2.62. The number of aromatic hydroxyl groups is 1. The third-order valence-electron chi connectivity index (χ3n) is 4.27. The van der Waals surface area contributed by atoms with Gasteiger partial charge < -0.3 is 15.4 Å². The molecule has 0 fully saturated rings. The minimum Gasteiger partial charge on any atom is -0.493 e. The lowest BCUT2D eigenvalue weighted by molar-refractivity contribution is -0.119. The zero-order chi connectivity index (χ0) is 19.6. The lowest BCUT2D eigenvalue weighted by Gasteiger charge is -2.19. The summed E-state index contributed by atoms with van der Waals surface area (Å²) < 4.78 is 15.8. The van der Waals surface area contributed by atoms with Gasteiger partial charge in [-0.05, 0) is 58.8 Å². The standard InChI is InChI=1S/C19H17FIN3O3/c1-11-4-2-3-5-12(11)8-16(24-17(25)10-22-19(24)27)18(26)23-15-7-6-13(21)9-14(15)20/h2-7,9-10,16,25H,8H2,1H3,(H,22,27)(H,23,26). The van der Waals surface area contributed by atoms with Crippen LogP contribution in [0.15, 0.2) is 53.5 Å². The number of nitrogens with one attached hydrogen (secondary N) is 2. The molecule has 0 saturated carbocycles. The van der Waals surface area contributed by atoms with Gasteiger partial charge in [0.15, 0.2) is 0 Å². The number of nitrogens with zero attached hydrogens (tertiary/aromatic N) is 1. The summed E-state index contributed by atoms with van der Waals surface area (Å²) in [5.74, 6) is -1.54. The quantitative estimate of drug-likeness (QED) is 0.489. The molecule has 27 heavy (non-hydrogen) atoms. The lowest BCUT2D eigenvalue weighted by Crippen LogP contribution is -2.33. The van der Waals surface area contributed by atoms with E-state index in [1.807, 2.05) is 53.8 Å². The van der Waals surface area contributed by atoms with E-state index in [-0.39, 0.29) is 18.0 Å². The van der Waals surface area contributed by atoms with Crippen LogP contribution in [0.3, 0.4) is 0 Å². The highest BCUT2D eigenvalue weighted by Crippen LogP contribution is 2.23. The minimum atomic E-state index is -1.05. The number of aromatic amines is 1. The molecule has 3 aromatic rings. The molecule has 1 aromatic heterocycles. The van der Waals surface area contributed by atoms with Crippen molar-refractivity contribution in [2.24, 2.45) is 0 Å². The number of carbonyl (C=O) groups is 1. The lowest BCUT2D eigenvalue weighted by atomic mass is 10.0. The van der Waals surface area contributed by atoms with E-state index in [9.17, 15) is 19.1 Å². The van der Waals surface area contributed by atoms with E-state index in [1.54, 1.807) is 6.07 Å². The summed E-state index contributed by atoms with van der Waals surface area (Å²) in [5.41, 5.74) is 1.18. The molecule has 0 aliphatic rings. The van der Waals surface area contributed by atoms with Crippen LogP contribution in [0.25, 0.3) is 0 Å². The smallest absolute Gasteiger partial charge is 0.329 e. The first kappa shape index (κ1) is 19.2. The predicted octanol–water partition coefficient (Wildman–Crippen LogP) is 3.36. The van der Waals surface area contributed by atoms with E-state index in [0.717, 1.165) is 21.9 Å². The number of amides is 1. The third kappa shape index (κ3) is 4.21. The molecular weight excluding hydrogens is 464 g/mol. The maximum Gasteiger partial charge on any atom is 0.329 e. The Kier molecular flexibility index (Phi) is 5.64. The van der Waals surface area contributed by atoms with Crippen LogP contribution in [-0.4, -0.2) is 20.6 Å². The number of H-pyrrole nitrogens is 1. The highest BCUT2D eigenvalue weighted by Gasteiger charge is 2.26. The van der Waals surface area contributed by atoms with Crippen LogP contribution in [-0.2, 0) is 11.2 Å². The van der Waals surface area contributed by atoms with E-state index in [2.05, 4.69) is 10.3 Å². The first-order chi connectivity index (χ1) is 12.9. The Morgan fingerprint density at radius 1 is 1.33 bits per heavy atom. The molecule has 1 unspecified atom stereocenters. The first-order valence-electron chi connectivity index (χ1n) is 8.16. The Labute approximate surface area is 168 Å². The molecule has 0 bridgehead atoms. The van der Waals surface area contributed by atoms with Crippen LogP contribution < -0.4 is 11.0 Å². The average Bonchev–Trinajstić information content (AvgIpc) is 2.95. The van der Waals surface area contributed by atoms with Gasteiger partial charge in [-0.2, -0.15) is 0 Å². The van der Waals surface area contributed by atoms with Crippen molar-refractivity contribution in [3.63, 3.8) is 0 Å². The molecule has 0 radical (unpaired) electrons. The average molecular weight is 481 g/mol. The van der Waals surface area contributed by atoms with Gasteiger partial charge in [-0.25, -0.2) is 9.18 Å². The molecule has 6 nitrogen and oxygen atoms in total. The fraction of sp³-hybridized carbons (Fsp3) is 0.158. The second-order valence-electron chi connectivity index (χ2n) is 6.08. The van der Waals surface area contributed by atoms with Gasteiger partial charge in [-0.1, -0.05) is 24.3 Å². The summed E-state index contributed by atoms with van der Waals surface area (Å²) in [5, 5.41) is 12.5. The van der Waals surface area contributed by atoms with E-state index in [0.29, 0.717) is 3.57 Å². The predicted molar refractivity (Wildman–Crippen MR) is 108 cm³/mol. The number of halogens is 2. The summed E-state index contributed by atoms with van der Waals surface area (Å²) >= 11 is 1.97. The molecule has 0 aliphatic carbocycles. The molecular formula is C19H17FIN3O3. The summed E-state index contributed by atoms with van der Waals surface area (Å²) in [6.07, 6.45) is 1.28. The van der Waals surface area contributed by atoms with Gasteiger partial charge in [-0.3, -0.25) is 9.36 Å². The molecule has 3 rings (SSSR count). The fourth-order valence-electron chi connectivity index (χ4n) is 2.83. The molecule has 0 spiro atoms. The Balaban J connectivity index is 1.97. The Morgan fingerprint density at radius 3 is 2.70 bits per heavy atom. The molecule has 8 heteroatoms. The van der Waals surface area contributed by atoms with Crippen molar-refractivity contribution in [3.8, 4) is 5.88 Å². The van der Waals surface area contributed by atoms with E-state index in [1.165, 1.54) is 12.1 Å². The number of benzene rings is 2. The summed E-state index contributed by atoms with van der Waals surface area (Å²) in [4.78, 5) is 27.4. The van der Waals surface area contributed by atoms with Crippen molar-refractivity contribution in [2.75, 3.05) is 5.32 Å². The highest BCUT2D eigenvalue weighted by atomic mass is 127. The number of rotatable bonds is 5. The number of anilines is 1. The fourth-order valence-corrected chi connectivity index (χ4v) is 3.28. The van der Waals surface area contributed by atoms with Gasteiger partial charge in [0.25, 0.3) is 0 Å². The van der Waals surface area contributed by atoms with Crippen molar-refractivity contribution >= 4 is 34.2 Å². The Bertz CT molecular complexity index is 1040. The third-order valence-corrected chi connectivity index (χ3v) is 4.94. The first-order valence-corrected chi connectivity index (χ1v) is 9.24. The van der Waals surface area contributed by atoms with Crippen LogP contribution in [0.4, 0.5) is 10.1 Å². The van der Waals surface area contributed by atoms with E-state index in [4.69, 9.17) is 0 Å². The van der Waals surface area contributed by atoms with Gasteiger partial charge in [0.05, 0.1) is 11.9 Å². The maximum absolute atomic E-state index is 14.1. The van der Waals surface area contributed by atoms with Crippen LogP contribution in [0.1, 0.15) is 17.2 Å². The van der Waals surface area contributed by atoms with Crippen LogP contribution in [0.2, 0.25) is 0 Å². The monoisotopic (exact) mass is 481 g/mol. The molecule has 0 aliphatic heterocycles. The van der Waals surface area contributed by atoms with Crippen molar-refractivity contribution in [1.29, 1.82) is 0 Å². The molecule has 3 N–H and O–H groups in total. The van der Waals surface area contributed by atoms with Gasteiger partial charge in [0.1, 0.15) is 11.9 Å². The zero-order valence-electron chi connectivity index (χ0n) is 14.4. The SMILES string of the molecule is Cc1ccccc1CC(C(=O)Nc1ccc(I)cc1F)n1c(O)c[nH]c1=O. The van der Waals surface area contributed by atoms with Gasteiger partial charge in [-0.15, -0.1) is 0 Å². The van der Waals surface area contributed by atoms with Crippen molar-refractivity contribution in [1.82, 2.24) is 9.55 Å². The summed E-state index contributed by atoms with van der Waals surface area (Å²) in [6, 6.07) is 10.8. The molecule has 1 amide bonds. The number of aromatic nitrogens is 2. The molecule has 1 heterocycles. The van der Waals surface area contributed by atoms with Crippen LogP contribution >= 0.6 is 22.6 Å². The molecule has 0 saturated heterocycles. The van der Waals surface area contributed by atoms with Crippen molar-refractivity contribution in [3.05, 3.63) is 79.7 Å². The van der Waals surface area contributed by atoms with Crippen molar-refractivity contribution < 1.29 is 14.3 Å². The van der Waals surface area contributed by atoms with Crippen LogP contribution in [0.5, 0.6) is 5.88 Å². The number of aryl methyl sites for hydroxylation is 1. The maximum atomic E-state index is 14.1. The van der Waals surface area contributed by atoms with Gasteiger partial charge in [0, 0.05) is 9.99 Å². The number of carbonyl (C=O) groups excluding carboxylic acids is 1. The van der Waals surface area contributed by atoms with Crippen molar-refractivity contribution in [2.45, 2.75) is 19.4 Å². The Morgan fingerprint density at radius 2 is 2.07 bits per heavy atom. The molecule has 1 atom stereocenters. The largest absolute Gasteiger partial charge is 0.493 e. The number of imidazole rings is 1. The topological polar surface area (TPSA) is 87.1 Å². The van der Waals surface area contributed by atoms with E-state index >= 15 is 0 Å². The van der Waals surface area contributed by atoms with Crippen LogP contribution in [0, 0.1) is 16.3 Å². The minimum absolute atomic E-state index is 0.0123. The molecule has 2 aromatic carbocycles. The summed E-state index contributed by atoms with van der Waals surface area (Å²) in [6.45, 7) is 1.89. The van der Waals surface area contributed by atoms with E-state index < -0.39 is 23.5 Å². The van der Waals surface area contributed by atoms with Gasteiger partial charge in [0.2, 0.25) is 11.8 Å². The summed E-state index contributed by atoms with van der Waals surface area (Å²) in [7, 11) is 0. The normalized spacial score (nSPS) is 12.0. The second-order valence-corrected chi connectivity index (χ2v) is 7.33. The van der Waals surface area contributed by atoms with Gasteiger partial charge >= 0.3 is 5.69 Å². The number of hydrogen-bond acceptors (Lipinski definition) is 3. The molecule has 140 valence electrons.